The number of halogens is 2. The monoisotopic (exact) mass is 436 g/mol. The van der Waals surface area contributed by atoms with Crippen LogP contribution in [0.2, 0.25) is 5.02 Å². The normalized spacial score (nSPS) is 19.0. The average molecular weight is 437 g/mol. The highest BCUT2D eigenvalue weighted by Crippen LogP contribution is 2.36. The Balaban J connectivity index is 2.43. The van der Waals surface area contributed by atoms with E-state index in [-0.39, 0.29) is 11.7 Å². The van der Waals surface area contributed by atoms with Crippen LogP contribution in [-0.2, 0) is 4.79 Å². The lowest BCUT2D eigenvalue weighted by Crippen LogP contribution is -2.28. The number of nitrogens with zero attached hydrogens (tertiary/aromatic N) is 2. The van der Waals surface area contributed by atoms with E-state index in [1.54, 1.807) is 23.1 Å². The van der Waals surface area contributed by atoms with Crippen LogP contribution in [0, 0.1) is 3.57 Å². The third kappa shape index (κ3) is 3.54. The van der Waals surface area contributed by atoms with Crippen LogP contribution in [0.4, 0.5) is 0 Å². The quantitative estimate of drug-likeness (QED) is 0.576. The highest BCUT2D eigenvalue weighted by molar-refractivity contribution is 14.1. The Morgan fingerprint density at radius 2 is 2.19 bits per heavy atom. The predicted octanol–water partition coefficient (Wildman–Crippen LogP) is 3.96. The van der Waals surface area contributed by atoms with E-state index in [0.717, 1.165) is 0 Å². The van der Waals surface area contributed by atoms with Crippen molar-refractivity contribution in [1.29, 1.82) is 0 Å². The second-order valence-electron chi connectivity index (χ2n) is 4.24. The lowest BCUT2D eigenvalue weighted by molar-refractivity contribution is -0.122. The number of thioether (sulfide) groups is 1. The van der Waals surface area contributed by atoms with Crippen LogP contribution in [-0.4, -0.2) is 34.2 Å². The van der Waals surface area contributed by atoms with Crippen molar-refractivity contribution in [2.24, 2.45) is 4.99 Å². The van der Waals surface area contributed by atoms with E-state index in [2.05, 4.69) is 4.99 Å². The molecule has 0 bridgehead atoms. The molecule has 0 radical (unpaired) electrons. The van der Waals surface area contributed by atoms with Gasteiger partial charge < -0.3 is 5.11 Å². The predicted molar refractivity (Wildman–Crippen MR) is 96.8 cm³/mol. The molecule has 0 atom stereocenters. The third-order valence-corrected chi connectivity index (χ3v) is 4.93. The largest absolute Gasteiger partial charge is 0.506 e. The molecule has 1 fully saturated rings. The molecule has 21 heavy (non-hydrogen) atoms. The average Bonchev–Trinajstić information content (AvgIpc) is 2.72. The number of phenols is 1. The number of amides is 1. The summed E-state index contributed by atoms with van der Waals surface area (Å²) in [5.41, 5.74) is 0.538. The molecule has 1 saturated heterocycles. The van der Waals surface area contributed by atoms with Gasteiger partial charge in [0, 0.05) is 23.7 Å². The van der Waals surface area contributed by atoms with Crippen molar-refractivity contribution in [2.45, 2.75) is 13.8 Å². The summed E-state index contributed by atoms with van der Waals surface area (Å²) in [6.45, 7) is 5.03. The molecule has 7 heteroatoms. The molecule has 0 unspecified atom stereocenters. The Bertz CT molecular complexity index is 646. The molecule has 112 valence electrons. The topological polar surface area (TPSA) is 52.9 Å². The zero-order valence-electron chi connectivity index (χ0n) is 11.6. The van der Waals surface area contributed by atoms with Crippen molar-refractivity contribution in [1.82, 2.24) is 4.90 Å². The number of carbonyl (C=O) groups excluding carboxylic acids is 1. The molecule has 2 rings (SSSR count). The van der Waals surface area contributed by atoms with Gasteiger partial charge in [-0.3, -0.25) is 14.7 Å². The number of phenolic OH excluding ortho intramolecular Hbond substituents is 1. The number of carbonyl (C=O) groups is 1. The van der Waals surface area contributed by atoms with E-state index in [0.29, 0.717) is 37.3 Å². The smallest absolute Gasteiger partial charge is 0.266 e. The van der Waals surface area contributed by atoms with Crippen molar-refractivity contribution in [3.63, 3.8) is 0 Å². The van der Waals surface area contributed by atoms with Crippen LogP contribution in [0.1, 0.15) is 19.4 Å². The van der Waals surface area contributed by atoms with Gasteiger partial charge in [-0.05, 0) is 66.4 Å². The molecule has 0 aromatic heterocycles. The summed E-state index contributed by atoms with van der Waals surface area (Å²) < 4.78 is 0.650. The van der Waals surface area contributed by atoms with Gasteiger partial charge in [-0.25, -0.2) is 0 Å². The highest BCUT2D eigenvalue weighted by Gasteiger charge is 2.32. The number of aliphatic imine (C=N–C) groups is 1. The number of amidine groups is 1. The Hall–Kier alpha value is -0.730. The number of rotatable bonds is 3. The van der Waals surface area contributed by atoms with Crippen molar-refractivity contribution in [3.05, 3.63) is 31.2 Å². The van der Waals surface area contributed by atoms with Gasteiger partial charge in [-0.2, -0.15) is 0 Å². The van der Waals surface area contributed by atoms with E-state index in [1.165, 1.54) is 11.8 Å². The zero-order chi connectivity index (χ0) is 15.6. The Labute approximate surface area is 146 Å². The molecule has 0 saturated carbocycles. The molecular formula is C14H14ClIN2O2S. The molecule has 1 aromatic rings. The van der Waals surface area contributed by atoms with Gasteiger partial charge in [-0.1, -0.05) is 11.6 Å². The Morgan fingerprint density at radius 3 is 2.81 bits per heavy atom. The molecule has 1 aliphatic rings. The van der Waals surface area contributed by atoms with Crippen LogP contribution in [0.25, 0.3) is 6.08 Å². The Morgan fingerprint density at radius 1 is 1.48 bits per heavy atom. The van der Waals surface area contributed by atoms with Gasteiger partial charge in [0.15, 0.2) is 5.17 Å². The summed E-state index contributed by atoms with van der Waals surface area (Å²) in [4.78, 5) is 18.8. The van der Waals surface area contributed by atoms with Crippen LogP contribution in [0.3, 0.4) is 0 Å². The molecule has 1 heterocycles. The van der Waals surface area contributed by atoms with E-state index in [9.17, 15) is 9.90 Å². The minimum Gasteiger partial charge on any atom is -0.506 e. The second-order valence-corrected chi connectivity index (χ2v) is 6.85. The van der Waals surface area contributed by atoms with E-state index >= 15 is 0 Å². The zero-order valence-corrected chi connectivity index (χ0v) is 15.3. The molecule has 1 amide bonds. The maximum atomic E-state index is 12.3. The van der Waals surface area contributed by atoms with Gasteiger partial charge in [0.05, 0.1) is 8.48 Å². The first-order valence-electron chi connectivity index (χ1n) is 6.41. The fourth-order valence-electron chi connectivity index (χ4n) is 1.88. The molecule has 4 nitrogen and oxygen atoms in total. The molecule has 0 aliphatic carbocycles. The van der Waals surface area contributed by atoms with Gasteiger partial charge in [0.25, 0.3) is 5.91 Å². The third-order valence-electron chi connectivity index (χ3n) is 2.84. The van der Waals surface area contributed by atoms with Crippen molar-refractivity contribution < 1.29 is 9.90 Å². The Kier molecular flexibility index (Phi) is 5.56. The van der Waals surface area contributed by atoms with E-state index < -0.39 is 0 Å². The molecule has 1 aromatic carbocycles. The van der Waals surface area contributed by atoms with Crippen LogP contribution in [0.15, 0.2) is 22.0 Å². The first kappa shape index (κ1) is 16.6. The fraction of sp³-hybridized carbons (Fsp3) is 0.286. The minimum absolute atomic E-state index is 0.0934. The highest BCUT2D eigenvalue weighted by atomic mass is 127. The first-order valence-corrected chi connectivity index (χ1v) is 8.69. The van der Waals surface area contributed by atoms with Gasteiger partial charge in [0.1, 0.15) is 5.75 Å². The second kappa shape index (κ2) is 7.02. The maximum absolute atomic E-state index is 12.3. The summed E-state index contributed by atoms with van der Waals surface area (Å²) in [6, 6.07) is 3.32. The summed E-state index contributed by atoms with van der Waals surface area (Å²) in [7, 11) is 0. The fourth-order valence-corrected chi connectivity index (χ4v) is 4.03. The van der Waals surface area contributed by atoms with Crippen molar-refractivity contribution in [2.75, 3.05) is 13.1 Å². The number of aromatic hydroxyl groups is 1. The van der Waals surface area contributed by atoms with Gasteiger partial charge in [-0.15, -0.1) is 0 Å². The number of likely N-dealkylation sites (N-methyl/N-ethyl adjacent to an activating group) is 1. The summed E-state index contributed by atoms with van der Waals surface area (Å²) in [6.07, 6.45) is 1.66. The molecule has 0 spiro atoms. The minimum atomic E-state index is -0.0934. The van der Waals surface area contributed by atoms with Crippen LogP contribution in [0.5, 0.6) is 5.75 Å². The van der Waals surface area contributed by atoms with Crippen molar-refractivity contribution in [3.8, 4) is 5.75 Å². The number of hydrogen-bond donors (Lipinski definition) is 1. The van der Waals surface area contributed by atoms with E-state index in [1.807, 2.05) is 36.4 Å². The molecular weight excluding hydrogens is 423 g/mol. The lowest BCUT2D eigenvalue weighted by Gasteiger charge is -2.11. The van der Waals surface area contributed by atoms with Crippen LogP contribution >= 0.6 is 46.0 Å². The molecule has 1 aliphatic heterocycles. The molecule has 1 N–H and O–H groups in total. The van der Waals surface area contributed by atoms with Crippen LogP contribution < -0.4 is 0 Å². The summed E-state index contributed by atoms with van der Waals surface area (Å²) >= 11 is 9.34. The van der Waals surface area contributed by atoms with Gasteiger partial charge in [0.2, 0.25) is 0 Å². The maximum Gasteiger partial charge on any atom is 0.266 e. The van der Waals surface area contributed by atoms with Crippen molar-refractivity contribution >= 4 is 63.1 Å². The SMILES string of the molecule is CCN=C1S/C(=C/c2cc(Cl)cc(I)c2O)C(=O)N1CC. The standard InChI is InChI=1S/C14H14ClIN2O2S/c1-3-17-14-18(4-2)13(20)11(21-14)6-8-5-9(15)7-10(16)12(8)19/h5-7,19H,3-4H2,1-2H3/b11-6+,17-14?. The number of hydrogen-bond acceptors (Lipinski definition) is 4. The number of benzene rings is 1. The summed E-state index contributed by atoms with van der Waals surface area (Å²) in [5.74, 6) is 0.0360. The van der Waals surface area contributed by atoms with E-state index in [4.69, 9.17) is 11.6 Å². The van der Waals surface area contributed by atoms with Gasteiger partial charge >= 0.3 is 0 Å². The summed E-state index contributed by atoms with van der Waals surface area (Å²) in [5, 5.41) is 11.3. The lowest BCUT2D eigenvalue weighted by atomic mass is 10.2. The first-order chi connectivity index (χ1) is 9.97.